The molecule has 2 aliphatic heterocycles. The molecule has 0 radical (unpaired) electrons. The fraction of sp³-hybridized carbons (Fsp3) is 0.283. The van der Waals surface area contributed by atoms with Gasteiger partial charge in [0.15, 0.2) is 0 Å². The van der Waals surface area contributed by atoms with Crippen molar-refractivity contribution in [1.29, 1.82) is 0 Å². The lowest BCUT2D eigenvalue weighted by molar-refractivity contribution is 0.0501. The van der Waals surface area contributed by atoms with Crippen LogP contribution in [0.2, 0.25) is 15.7 Å². The normalized spacial score (nSPS) is 15.8. The summed E-state index contributed by atoms with van der Waals surface area (Å²) in [5, 5.41) is 3.58. The van der Waals surface area contributed by atoms with E-state index >= 15 is 0 Å². The molecule has 2 aliphatic rings. The van der Waals surface area contributed by atoms with E-state index in [1.807, 2.05) is 56.3 Å². The summed E-state index contributed by atoms with van der Waals surface area (Å²) in [5.74, 6) is 0.280. The summed E-state index contributed by atoms with van der Waals surface area (Å²) in [7, 11) is -7.37. The van der Waals surface area contributed by atoms with Gasteiger partial charge in [-0.2, -0.15) is 0 Å². The van der Waals surface area contributed by atoms with E-state index in [0.717, 1.165) is 38.7 Å². The van der Waals surface area contributed by atoms with E-state index in [0.29, 0.717) is 40.1 Å². The highest BCUT2D eigenvalue weighted by Gasteiger charge is 2.35. The molecule has 6 aromatic rings. The average molecular weight is 1040 g/mol. The van der Waals surface area contributed by atoms with Crippen LogP contribution in [0.4, 0.5) is 16.2 Å². The fourth-order valence-corrected chi connectivity index (χ4v) is 10.9. The topological polar surface area (TPSA) is 165 Å². The number of amides is 1. The number of hydrogen-bond donors (Lipinski definition) is 1. The molecule has 0 spiro atoms. The smallest absolute Gasteiger partial charge is 0.408 e. The van der Waals surface area contributed by atoms with Gasteiger partial charge in [0.1, 0.15) is 10.8 Å². The monoisotopic (exact) mass is 1040 g/mol. The van der Waals surface area contributed by atoms with Crippen molar-refractivity contribution >= 4 is 88.2 Å². The first-order chi connectivity index (χ1) is 30.6. The van der Waals surface area contributed by atoms with Crippen LogP contribution in [-0.4, -0.2) is 61.6 Å². The van der Waals surface area contributed by atoms with Gasteiger partial charge in [-0.15, -0.1) is 0 Å². The molecule has 4 heterocycles. The molecule has 1 N–H and O–H groups in total. The van der Waals surface area contributed by atoms with Crippen LogP contribution < -0.4 is 13.9 Å². The van der Waals surface area contributed by atoms with E-state index in [2.05, 4.69) is 48.1 Å². The van der Waals surface area contributed by atoms with Gasteiger partial charge >= 0.3 is 6.09 Å². The molecule has 2 unspecified atom stereocenters. The Morgan fingerprint density at radius 1 is 0.708 bits per heavy atom. The Hall–Kier alpha value is -4.84. The number of benzene rings is 4. The maximum Gasteiger partial charge on any atom is 0.408 e. The number of carbonyl (C=O) groups excluding carboxylic acids is 1. The predicted molar refractivity (Wildman–Crippen MR) is 260 cm³/mol. The summed E-state index contributed by atoms with van der Waals surface area (Å²) in [4.78, 5) is 28.2. The van der Waals surface area contributed by atoms with Gasteiger partial charge in [0, 0.05) is 35.5 Å². The van der Waals surface area contributed by atoms with E-state index in [1.54, 1.807) is 81.6 Å². The number of ether oxygens (including phenoxy) is 1. The number of aromatic nitrogens is 4. The van der Waals surface area contributed by atoms with E-state index < -0.39 is 31.7 Å². The zero-order valence-electron chi connectivity index (χ0n) is 36.3. The summed E-state index contributed by atoms with van der Waals surface area (Å²) in [6.07, 6.45) is 3.78. The van der Waals surface area contributed by atoms with Crippen molar-refractivity contribution in [3.8, 4) is 11.3 Å². The lowest BCUT2D eigenvalue weighted by atomic mass is 9.91. The SMILES string of the molecule is Cc1ccc(S(=O)(=O)N2CCC(C)c3ccc(-c4ccnc(Cl)n4)cc32)cc1.Cc1ccc(S(=O)(=O)N2CCC(NC(=O)OC(C)(C)C)c3ccc(Br)cc32)cc1.Clc1ccnc(Cl)n1. The minimum Gasteiger partial charge on any atom is -0.444 e. The molecule has 2 atom stereocenters. The predicted octanol–water partition coefficient (Wildman–Crippen LogP) is 11.5. The Morgan fingerprint density at radius 3 is 1.75 bits per heavy atom. The average Bonchev–Trinajstić information content (AvgIpc) is 3.23. The maximum absolute atomic E-state index is 13.3. The second kappa shape index (κ2) is 20.8. The molecule has 4 aromatic carbocycles. The third-order valence-corrected chi connectivity index (χ3v) is 15.0. The van der Waals surface area contributed by atoms with Gasteiger partial charge in [0.2, 0.25) is 10.6 Å². The number of nitrogens with zero attached hydrogens (tertiary/aromatic N) is 6. The van der Waals surface area contributed by atoms with Crippen LogP contribution in [0.3, 0.4) is 0 Å². The van der Waals surface area contributed by atoms with Crippen molar-refractivity contribution in [1.82, 2.24) is 25.3 Å². The van der Waals surface area contributed by atoms with Gasteiger partial charge in [-0.05, 0) is 142 Å². The van der Waals surface area contributed by atoms with Gasteiger partial charge in [0.05, 0.1) is 32.9 Å². The number of aryl methyl sites for hydroxylation is 2. The second-order valence-electron chi connectivity index (χ2n) is 16.3. The first-order valence-corrected chi connectivity index (χ1v) is 25.2. The van der Waals surface area contributed by atoms with Crippen molar-refractivity contribution in [3.63, 3.8) is 0 Å². The molecule has 0 saturated carbocycles. The highest BCUT2D eigenvalue weighted by atomic mass is 79.9. The van der Waals surface area contributed by atoms with Crippen LogP contribution in [0.25, 0.3) is 11.3 Å². The number of anilines is 2. The molecule has 65 heavy (non-hydrogen) atoms. The summed E-state index contributed by atoms with van der Waals surface area (Å²) < 4.78 is 62.3. The highest BCUT2D eigenvalue weighted by molar-refractivity contribution is 9.10. The van der Waals surface area contributed by atoms with Crippen molar-refractivity contribution in [2.24, 2.45) is 0 Å². The summed E-state index contributed by atoms with van der Waals surface area (Å²) >= 11 is 20.1. The molecular weight excluding hydrogens is 997 g/mol. The summed E-state index contributed by atoms with van der Waals surface area (Å²) in [6.45, 7) is 12.1. The number of alkyl carbamates (subject to hydrolysis) is 1. The van der Waals surface area contributed by atoms with Crippen LogP contribution >= 0.6 is 50.7 Å². The Balaban J connectivity index is 0.000000184. The number of rotatable bonds is 6. The number of halogens is 4. The molecule has 0 saturated heterocycles. The zero-order chi connectivity index (χ0) is 47.3. The number of hydrogen-bond acceptors (Lipinski definition) is 10. The van der Waals surface area contributed by atoms with Gasteiger partial charge in [0.25, 0.3) is 20.0 Å². The molecule has 2 aromatic heterocycles. The van der Waals surface area contributed by atoms with Crippen LogP contribution in [0.5, 0.6) is 0 Å². The first-order valence-electron chi connectivity index (χ1n) is 20.4. The maximum atomic E-state index is 13.3. The summed E-state index contributed by atoms with van der Waals surface area (Å²) in [5.41, 5.74) is 5.88. The molecule has 342 valence electrons. The minimum atomic E-state index is -3.72. The largest absolute Gasteiger partial charge is 0.444 e. The number of fused-ring (bicyclic) bond motifs is 2. The molecular formula is C46H47BrCl3N7O6S2. The summed E-state index contributed by atoms with van der Waals surface area (Å²) in [6, 6.07) is 28.0. The van der Waals surface area contributed by atoms with Gasteiger partial charge in [-0.25, -0.2) is 41.6 Å². The first kappa shape index (κ1) is 49.6. The van der Waals surface area contributed by atoms with Crippen LogP contribution in [0, 0.1) is 13.8 Å². The van der Waals surface area contributed by atoms with Crippen LogP contribution in [0.1, 0.15) is 74.8 Å². The Labute approximate surface area is 403 Å². The molecule has 0 aliphatic carbocycles. The lowest BCUT2D eigenvalue weighted by Crippen LogP contribution is -2.42. The number of sulfonamides is 2. The van der Waals surface area contributed by atoms with Crippen molar-refractivity contribution < 1.29 is 26.4 Å². The Bertz CT molecular complexity index is 2870. The third kappa shape index (κ3) is 12.5. The van der Waals surface area contributed by atoms with Gasteiger partial charge in [-0.3, -0.25) is 8.61 Å². The molecule has 13 nitrogen and oxygen atoms in total. The number of carbonyl (C=O) groups is 1. The van der Waals surface area contributed by atoms with E-state index in [1.165, 1.54) is 14.8 Å². The molecule has 0 fully saturated rings. The fourth-order valence-electron chi connectivity index (χ4n) is 7.06. The molecule has 19 heteroatoms. The Kier molecular flexibility index (Phi) is 15.8. The molecule has 0 bridgehead atoms. The van der Waals surface area contributed by atoms with E-state index in [4.69, 9.17) is 39.5 Å². The quantitative estimate of drug-likeness (QED) is 0.125. The molecule has 1 amide bonds. The lowest BCUT2D eigenvalue weighted by Gasteiger charge is -2.35. The van der Waals surface area contributed by atoms with E-state index in [-0.39, 0.29) is 34.0 Å². The van der Waals surface area contributed by atoms with Crippen molar-refractivity contribution in [3.05, 3.63) is 152 Å². The van der Waals surface area contributed by atoms with Crippen LogP contribution in [0.15, 0.2) is 124 Å². The Morgan fingerprint density at radius 2 is 1.23 bits per heavy atom. The van der Waals surface area contributed by atoms with Crippen molar-refractivity contribution in [2.75, 3.05) is 21.7 Å². The van der Waals surface area contributed by atoms with Gasteiger partial charge in [-0.1, -0.05) is 88.0 Å². The van der Waals surface area contributed by atoms with Crippen LogP contribution in [-0.2, 0) is 24.8 Å². The van der Waals surface area contributed by atoms with E-state index in [9.17, 15) is 21.6 Å². The second-order valence-corrected chi connectivity index (χ2v) is 22.0. The zero-order valence-corrected chi connectivity index (χ0v) is 41.8. The third-order valence-electron chi connectivity index (χ3n) is 10.3. The number of nitrogens with one attached hydrogen (secondary N) is 1. The minimum absolute atomic E-state index is 0.160. The van der Waals surface area contributed by atoms with Crippen molar-refractivity contribution in [2.45, 2.75) is 81.7 Å². The highest BCUT2D eigenvalue weighted by Crippen LogP contribution is 2.41. The molecule has 8 rings (SSSR count). The van der Waals surface area contributed by atoms with Gasteiger partial charge < -0.3 is 10.1 Å². The standard InChI is InChI=1S/C21H25BrN2O4S.C21H20ClN3O2S.C4H2Cl2N2/c1-14-5-8-16(9-6-14)29(26,27)24-12-11-18(23-20(25)28-21(2,3)4)17-10-7-15(22)13-19(17)24;1-14-3-6-17(7-4-14)28(26,27)25-12-10-15(2)18-8-5-16(13-20(18)25)19-9-11-23-21(22)24-19;5-3-1-2-7-4(6)8-3/h5-10,13,18H,11-12H2,1-4H3,(H,23,25);3-9,11,13,15H,10,12H2,1-2H3;1-2H.